The van der Waals surface area contributed by atoms with Crippen LogP contribution in [-0.4, -0.2) is 34.0 Å². The monoisotopic (exact) mass is 342 g/mol. The quantitative estimate of drug-likeness (QED) is 0.596. The number of ether oxygens (including phenoxy) is 1. The molecular formula is C21H30N2O2. The third-order valence-electron chi connectivity index (χ3n) is 7.00. The van der Waals surface area contributed by atoms with Crippen molar-refractivity contribution >= 4 is 0 Å². The average Bonchev–Trinajstić information content (AvgIpc) is 3.04. The van der Waals surface area contributed by atoms with E-state index in [0.29, 0.717) is 0 Å². The summed E-state index contributed by atoms with van der Waals surface area (Å²) < 4.78 is 6.33. The van der Waals surface area contributed by atoms with Crippen molar-refractivity contribution in [1.29, 1.82) is 0 Å². The average molecular weight is 342 g/mol. The third kappa shape index (κ3) is 2.90. The van der Waals surface area contributed by atoms with Gasteiger partial charge in [-0.25, -0.2) is 13.1 Å². The molecule has 136 valence electrons. The molecule has 0 bridgehead atoms. The zero-order valence-electron chi connectivity index (χ0n) is 15.9. The van der Waals surface area contributed by atoms with Gasteiger partial charge in [-0.15, -0.1) is 0 Å². The fraction of sp³-hybridized carbons (Fsp3) is 0.810. The first-order valence-electron chi connectivity index (χ1n) is 9.49. The van der Waals surface area contributed by atoms with Gasteiger partial charge in [0.1, 0.15) is 6.10 Å². The van der Waals surface area contributed by atoms with E-state index >= 15 is 0 Å². The molecule has 1 saturated heterocycles. The fourth-order valence-electron chi connectivity index (χ4n) is 5.37. The highest BCUT2D eigenvalue weighted by Crippen LogP contribution is 2.54. The lowest BCUT2D eigenvalue weighted by Crippen LogP contribution is -2.60. The number of allylic oxidation sites excluding steroid dienone is 1. The lowest BCUT2D eigenvalue weighted by Gasteiger charge is -2.51. The Morgan fingerprint density at radius 3 is 2.60 bits per heavy atom. The zero-order chi connectivity index (χ0) is 18.5. The Labute approximate surface area is 151 Å². The Balaban J connectivity index is 1.89. The second-order valence-electron chi connectivity index (χ2n) is 9.09. The Morgan fingerprint density at radius 1 is 1.24 bits per heavy atom. The first-order valence-corrected chi connectivity index (χ1v) is 9.49. The summed E-state index contributed by atoms with van der Waals surface area (Å²) in [5.74, 6) is -0.00872. The summed E-state index contributed by atoms with van der Waals surface area (Å²) in [6.07, 6.45) is 7.18. The molecule has 6 atom stereocenters. The summed E-state index contributed by atoms with van der Waals surface area (Å²) >= 11 is 0. The van der Waals surface area contributed by atoms with Crippen molar-refractivity contribution in [2.75, 3.05) is 0 Å². The molecule has 0 radical (unpaired) electrons. The molecular weight excluding hydrogens is 312 g/mol. The van der Waals surface area contributed by atoms with E-state index in [1.807, 2.05) is 26.8 Å². The van der Waals surface area contributed by atoms with Gasteiger partial charge in [0.15, 0.2) is 0 Å². The van der Waals surface area contributed by atoms with Crippen molar-refractivity contribution in [3.8, 4) is 0 Å². The minimum atomic E-state index is -0.957. The summed E-state index contributed by atoms with van der Waals surface area (Å²) in [5, 5.41) is 11.7. The molecule has 1 aliphatic heterocycles. The van der Waals surface area contributed by atoms with Crippen LogP contribution >= 0.6 is 0 Å². The minimum absolute atomic E-state index is 0.0176. The van der Waals surface area contributed by atoms with Crippen molar-refractivity contribution in [2.45, 2.75) is 95.1 Å². The first-order chi connectivity index (χ1) is 11.7. The minimum Gasteiger partial charge on any atom is -0.385 e. The molecule has 25 heavy (non-hydrogen) atoms. The molecule has 2 aliphatic carbocycles. The van der Waals surface area contributed by atoms with Gasteiger partial charge in [0.05, 0.1) is 17.6 Å². The van der Waals surface area contributed by atoms with Crippen molar-refractivity contribution in [1.82, 2.24) is 0 Å². The molecule has 3 aliphatic rings. The van der Waals surface area contributed by atoms with Gasteiger partial charge in [-0.1, -0.05) is 11.6 Å². The van der Waals surface area contributed by atoms with Gasteiger partial charge in [0, 0.05) is 33.1 Å². The van der Waals surface area contributed by atoms with Crippen molar-refractivity contribution < 1.29 is 9.84 Å². The van der Waals surface area contributed by atoms with Crippen LogP contribution in [0, 0.1) is 25.0 Å². The van der Waals surface area contributed by atoms with Gasteiger partial charge in [0.2, 0.25) is 5.54 Å². The Kier molecular flexibility index (Phi) is 4.51. The Morgan fingerprint density at radius 2 is 1.96 bits per heavy atom. The van der Waals surface area contributed by atoms with E-state index in [-0.39, 0.29) is 24.0 Å². The molecule has 1 heterocycles. The summed E-state index contributed by atoms with van der Waals surface area (Å²) in [6.45, 7) is 23.1. The molecule has 0 amide bonds. The first kappa shape index (κ1) is 18.4. The fourth-order valence-corrected chi connectivity index (χ4v) is 5.37. The lowest BCUT2D eigenvalue weighted by atomic mass is 9.55. The number of nitrogens with zero attached hydrogens (tertiary/aromatic N) is 2. The van der Waals surface area contributed by atoms with Gasteiger partial charge in [-0.3, -0.25) is 0 Å². The van der Waals surface area contributed by atoms with Crippen LogP contribution in [0.2, 0.25) is 0 Å². The van der Waals surface area contributed by atoms with Gasteiger partial charge >= 0.3 is 0 Å². The standard InChI is InChI=1S/C21H30N2O2/c1-14-7-9-17-20(4,23-6)12-11-15(21(17,24)13-14)16-8-10-18(25-16)19(2,3)22-5/h13,15-18,24H,7-12H2,1-4H3/t15-,16-,17+,18+,20+,21+/m0/s1. The van der Waals surface area contributed by atoms with Crippen molar-refractivity contribution in [2.24, 2.45) is 11.8 Å². The number of hydrogen-bond donors (Lipinski definition) is 1. The van der Waals surface area contributed by atoms with Crippen LogP contribution in [0.4, 0.5) is 0 Å². The Bertz CT molecular complexity index is 656. The third-order valence-corrected chi connectivity index (χ3v) is 7.00. The normalized spacial score (nSPS) is 44.4. The molecule has 0 aromatic rings. The molecule has 4 heteroatoms. The number of hydrogen-bond acceptors (Lipinski definition) is 2. The van der Waals surface area contributed by atoms with Crippen LogP contribution in [0.1, 0.15) is 66.2 Å². The van der Waals surface area contributed by atoms with E-state index in [1.165, 1.54) is 5.57 Å². The lowest BCUT2D eigenvalue weighted by molar-refractivity contribution is -0.137. The van der Waals surface area contributed by atoms with Crippen LogP contribution in [-0.2, 0) is 4.74 Å². The van der Waals surface area contributed by atoms with Gasteiger partial charge < -0.3 is 19.5 Å². The maximum atomic E-state index is 11.7. The predicted molar refractivity (Wildman–Crippen MR) is 97.7 cm³/mol. The molecule has 0 aromatic heterocycles. The molecule has 0 unspecified atom stereocenters. The molecule has 0 spiro atoms. The van der Waals surface area contributed by atoms with Crippen LogP contribution < -0.4 is 0 Å². The van der Waals surface area contributed by atoms with E-state index in [2.05, 4.69) is 16.6 Å². The molecule has 0 aromatic carbocycles. The van der Waals surface area contributed by atoms with E-state index < -0.39 is 16.7 Å². The zero-order valence-corrected chi connectivity index (χ0v) is 15.9. The highest BCUT2D eigenvalue weighted by atomic mass is 16.5. The van der Waals surface area contributed by atoms with E-state index in [9.17, 15) is 5.11 Å². The summed E-state index contributed by atoms with van der Waals surface area (Å²) in [4.78, 5) is 7.68. The van der Waals surface area contributed by atoms with E-state index in [4.69, 9.17) is 17.9 Å². The summed E-state index contributed by atoms with van der Waals surface area (Å²) in [5.41, 5.74) is -0.749. The number of rotatable bonds is 2. The van der Waals surface area contributed by atoms with Crippen molar-refractivity contribution in [3.63, 3.8) is 0 Å². The molecule has 2 fully saturated rings. The summed E-state index contributed by atoms with van der Waals surface area (Å²) in [6, 6.07) is 0. The largest absolute Gasteiger partial charge is 0.385 e. The number of fused-ring (bicyclic) bond motifs is 1. The van der Waals surface area contributed by atoms with Crippen LogP contribution in [0.5, 0.6) is 0 Å². The second kappa shape index (κ2) is 6.11. The summed E-state index contributed by atoms with van der Waals surface area (Å²) in [7, 11) is 0. The smallest absolute Gasteiger partial charge is 0.252 e. The predicted octanol–water partition coefficient (Wildman–Crippen LogP) is 4.41. The van der Waals surface area contributed by atoms with E-state index in [1.54, 1.807) is 0 Å². The second-order valence-corrected chi connectivity index (χ2v) is 9.09. The maximum absolute atomic E-state index is 11.7. The van der Waals surface area contributed by atoms with Gasteiger partial charge in [-0.2, -0.15) is 0 Å². The van der Waals surface area contributed by atoms with Crippen LogP contribution in [0.25, 0.3) is 9.69 Å². The highest BCUT2D eigenvalue weighted by molar-refractivity contribution is 5.26. The highest BCUT2D eigenvalue weighted by Gasteiger charge is 2.62. The topological polar surface area (TPSA) is 38.2 Å². The number of aliphatic hydroxyl groups is 1. The Hall–Kier alpha value is -1.36. The van der Waals surface area contributed by atoms with Crippen LogP contribution in [0.15, 0.2) is 11.6 Å². The molecule has 1 N–H and O–H groups in total. The van der Waals surface area contributed by atoms with Crippen LogP contribution in [0.3, 0.4) is 0 Å². The van der Waals surface area contributed by atoms with Gasteiger partial charge in [-0.05, 0) is 39.0 Å². The van der Waals surface area contributed by atoms with Gasteiger partial charge in [0.25, 0.3) is 5.54 Å². The molecule has 3 rings (SSSR count). The van der Waals surface area contributed by atoms with E-state index in [0.717, 1.165) is 38.5 Å². The molecule has 1 saturated carbocycles. The maximum Gasteiger partial charge on any atom is 0.252 e. The van der Waals surface area contributed by atoms with Crippen molar-refractivity contribution in [3.05, 3.63) is 34.5 Å². The molecule has 4 nitrogen and oxygen atoms in total. The SMILES string of the molecule is [C-]#[N+]C(C)(C)[C@H]1CC[C@@H]([C@@H]2CC[C@@](C)([N+]#[C-])[C@H]3CCC(C)=C[C@@]23O)O1.